The van der Waals surface area contributed by atoms with Crippen molar-refractivity contribution in [2.75, 3.05) is 25.3 Å². The highest BCUT2D eigenvalue weighted by molar-refractivity contribution is 6.05. The summed E-state index contributed by atoms with van der Waals surface area (Å²) in [5.74, 6) is -0.582. The van der Waals surface area contributed by atoms with E-state index in [0.29, 0.717) is 22.5 Å². The molecule has 34 heavy (non-hydrogen) atoms. The summed E-state index contributed by atoms with van der Waals surface area (Å²) in [6, 6.07) is 12.5. The molecule has 0 bridgehead atoms. The Morgan fingerprint density at radius 1 is 1.09 bits per heavy atom. The minimum Gasteiger partial charge on any atom is -0.383 e. The number of carbonyl (C=O) groups excluding carboxylic acids is 1. The smallest absolute Gasteiger partial charge is 0.383 e. The molecule has 1 heterocycles. The molecule has 0 fully saturated rings. The number of halogens is 3. The second kappa shape index (κ2) is 10.0. The number of alkyl halides is 3. The Balaban J connectivity index is 1.88. The lowest BCUT2D eigenvalue weighted by Crippen LogP contribution is -2.26. The summed E-state index contributed by atoms with van der Waals surface area (Å²) in [7, 11) is 2.81. The van der Waals surface area contributed by atoms with Crippen molar-refractivity contribution in [2.24, 2.45) is 0 Å². The number of nitrogen functional groups attached to an aromatic ring is 1. The molecule has 4 N–H and O–H groups in total. The van der Waals surface area contributed by atoms with Gasteiger partial charge in [-0.15, -0.1) is 0 Å². The standard InChI is InChI=1S/C24H23F3N4O3/c1-13-7-8-16(30-22(32)14-5-4-6-15(11-14)24(25,26)27)12-18(13)19-10-9-17(21(29)31-19)20(28)23(33-2)34-3/h4-12,23,28H,1-3H3,(H2,29,31)(H,30,32). The van der Waals surface area contributed by atoms with Crippen molar-refractivity contribution in [3.63, 3.8) is 0 Å². The van der Waals surface area contributed by atoms with Crippen LogP contribution in [0, 0.1) is 12.3 Å². The highest BCUT2D eigenvalue weighted by Gasteiger charge is 2.31. The minimum atomic E-state index is -4.55. The number of ether oxygens (including phenoxy) is 2. The van der Waals surface area contributed by atoms with Gasteiger partial charge in [-0.05, 0) is 55.0 Å². The molecule has 3 aromatic rings. The number of methoxy groups -OCH3 is 2. The van der Waals surface area contributed by atoms with Gasteiger partial charge in [0.25, 0.3) is 5.91 Å². The van der Waals surface area contributed by atoms with Crippen molar-refractivity contribution in [3.8, 4) is 11.3 Å². The van der Waals surface area contributed by atoms with Crippen molar-refractivity contribution < 1.29 is 27.4 Å². The first-order valence-electron chi connectivity index (χ1n) is 10.1. The number of hydrogen-bond donors (Lipinski definition) is 3. The third-order valence-corrected chi connectivity index (χ3v) is 5.10. The van der Waals surface area contributed by atoms with Gasteiger partial charge in [0.2, 0.25) is 6.29 Å². The Hall–Kier alpha value is -3.76. The van der Waals surface area contributed by atoms with Gasteiger partial charge in [-0.25, -0.2) is 4.98 Å². The molecule has 0 aliphatic rings. The molecule has 0 atom stereocenters. The van der Waals surface area contributed by atoms with E-state index < -0.39 is 23.9 Å². The highest BCUT2D eigenvalue weighted by atomic mass is 19.4. The van der Waals surface area contributed by atoms with E-state index in [1.54, 1.807) is 30.3 Å². The van der Waals surface area contributed by atoms with E-state index in [4.69, 9.17) is 20.6 Å². The predicted molar refractivity (Wildman–Crippen MR) is 123 cm³/mol. The number of nitrogens with zero attached hydrogens (tertiary/aromatic N) is 1. The normalized spacial score (nSPS) is 11.5. The first-order valence-corrected chi connectivity index (χ1v) is 10.1. The molecule has 0 aliphatic carbocycles. The van der Waals surface area contributed by atoms with Crippen LogP contribution in [0.25, 0.3) is 11.3 Å². The molecule has 1 amide bonds. The van der Waals surface area contributed by atoms with E-state index >= 15 is 0 Å². The Morgan fingerprint density at radius 2 is 1.79 bits per heavy atom. The summed E-state index contributed by atoms with van der Waals surface area (Å²) in [4.78, 5) is 16.9. The van der Waals surface area contributed by atoms with E-state index in [1.165, 1.54) is 26.4 Å². The van der Waals surface area contributed by atoms with Gasteiger partial charge in [0.1, 0.15) is 5.82 Å². The van der Waals surface area contributed by atoms with Crippen molar-refractivity contribution in [1.82, 2.24) is 4.98 Å². The third kappa shape index (κ3) is 5.41. The lowest BCUT2D eigenvalue weighted by Gasteiger charge is -2.16. The Bertz CT molecular complexity index is 1220. The third-order valence-electron chi connectivity index (χ3n) is 5.10. The van der Waals surface area contributed by atoms with Gasteiger partial charge in [-0.3, -0.25) is 10.2 Å². The first kappa shape index (κ1) is 24.9. The zero-order chi connectivity index (χ0) is 25.0. The summed E-state index contributed by atoms with van der Waals surface area (Å²) in [6.07, 6.45) is -5.44. The zero-order valence-electron chi connectivity index (χ0n) is 18.7. The largest absolute Gasteiger partial charge is 0.416 e. The first-order chi connectivity index (χ1) is 16.0. The number of benzene rings is 2. The molecule has 7 nitrogen and oxygen atoms in total. The van der Waals surface area contributed by atoms with Gasteiger partial charge >= 0.3 is 6.18 Å². The number of hydrogen-bond acceptors (Lipinski definition) is 6. The summed E-state index contributed by atoms with van der Waals surface area (Å²) in [6.45, 7) is 1.84. The molecule has 0 aliphatic heterocycles. The van der Waals surface area contributed by atoms with E-state index in [2.05, 4.69) is 10.3 Å². The number of rotatable bonds is 7. The maximum Gasteiger partial charge on any atom is 0.416 e. The van der Waals surface area contributed by atoms with Gasteiger partial charge in [-0.1, -0.05) is 12.1 Å². The summed E-state index contributed by atoms with van der Waals surface area (Å²) in [5.41, 5.74) is 7.77. The number of aromatic nitrogens is 1. The molecule has 0 unspecified atom stereocenters. The minimum absolute atomic E-state index is 0.0142. The predicted octanol–water partition coefficient (Wildman–Crippen LogP) is 4.90. The average molecular weight is 472 g/mol. The summed E-state index contributed by atoms with van der Waals surface area (Å²) in [5, 5.41) is 10.8. The van der Waals surface area contributed by atoms with Crippen LogP contribution in [-0.4, -0.2) is 37.1 Å². The van der Waals surface area contributed by atoms with Crippen LogP contribution in [0.4, 0.5) is 24.7 Å². The number of amides is 1. The number of carbonyl (C=O) groups is 1. The van der Waals surface area contributed by atoms with Gasteiger partial charge in [0.05, 0.1) is 17.0 Å². The molecule has 3 rings (SSSR count). The number of nitrogens with two attached hydrogens (primary N) is 1. The fourth-order valence-electron chi connectivity index (χ4n) is 3.33. The van der Waals surface area contributed by atoms with Gasteiger partial charge < -0.3 is 20.5 Å². The quantitative estimate of drug-likeness (QED) is 0.335. The molecule has 1 aromatic heterocycles. The van der Waals surface area contributed by atoms with Crippen LogP contribution in [0.5, 0.6) is 0 Å². The van der Waals surface area contributed by atoms with Crippen LogP contribution >= 0.6 is 0 Å². The summed E-state index contributed by atoms with van der Waals surface area (Å²) < 4.78 is 49.1. The van der Waals surface area contributed by atoms with Crippen molar-refractivity contribution in [2.45, 2.75) is 19.4 Å². The fraction of sp³-hybridized carbons (Fsp3) is 0.208. The lowest BCUT2D eigenvalue weighted by molar-refractivity contribution is -0.137. The molecule has 0 radical (unpaired) electrons. The monoisotopic (exact) mass is 472 g/mol. The van der Waals surface area contributed by atoms with Gasteiger partial charge in [0.15, 0.2) is 0 Å². The highest BCUT2D eigenvalue weighted by Crippen LogP contribution is 2.30. The number of anilines is 2. The molecular formula is C24H23F3N4O3. The van der Waals surface area contributed by atoms with E-state index in [-0.39, 0.29) is 17.1 Å². The van der Waals surface area contributed by atoms with Gasteiger partial charge in [-0.2, -0.15) is 13.2 Å². The molecule has 0 spiro atoms. The maximum atomic E-state index is 13.0. The SMILES string of the molecule is COC(OC)C(=N)c1ccc(-c2cc(NC(=O)c3cccc(C(F)(F)F)c3)ccc2C)nc1N. The van der Waals surface area contributed by atoms with Crippen molar-refractivity contribution in [1.29, 1.82) is 5.41 Å². The Kier molecular flexibility index (Phi) is 7.33. The van der Waals surface area contributed by atoms with E-state index in [0.717, 1.165) is 17.7 Å². The lowest BCUT2D eigenvalue weighted by atomic mass is 10.0. The van der Waals surface area contributed by atoms with Crippen molar-refractivity contribution >= 4 is 23.1 Å². The van der Waals surface area contributed by atoms with E-state index in [1.807, 2.05) is 6.92 Å². The summed E-state index contributed by atoms with van der Waals surface area (Å²) >= 11 is 0. The zero-order valence-corrected chi connectivity index (χ0v) is 18.7. The van der Waals surface area contributed by atoms with Crippen LogP contribution in [-0.2, 0) is 15.7 Å². The van der Waals surface area contributed by atoms with Crippen LogP contribution in [0.3, 0.4) is 0 Å². The van der Waals surface area contributed by atoms with Crippen LogP contribution in [0.2, 0.25) is 0 Å². The second-order valence-electron chi connectivity index (χ2n) is 7.41. The van der Waals surface area contributed by atoms with Crippen LogP contribution < -0.4 is 11.1 Å². The van der Waals surface area contributed by atoms with Gasteiger partial charge in [0, 0.05) is 36.6 Å². The second-order valence-corrected chi connectivity index (χ2v) is 7.41. The van der Waals surface area contributed by atoms with Crippen molar-refractivity contribution in [3.05, 3.63) is 76.9 Å². The Labute approximate surface area is 194 Å². The van der Waals surface area contributed by atoms with Crippen LogP contribution in [0.1, 0.15) is 27.0 Å². The molecular weight excluding hydrogens is 449 g/mol. The molecule has 10 heteroatoms. The Morgan fingerprint density at radius 3 is 2.41 bits per heavy atom. The maximum absolute atomic E-state index is 13.0. The molecule has 2 aromatic carbocycles. The number of aryl methyl sites for hydroxylation is 1. The topological polar surface area (TPSA) is 110 Å². The fourth-order valence-corrected chi connectivity index (χ4v) is 3.33. The van der Waals surface area contributed by atoms with E-state index in [9.17, 15) is 18.0 Å². The average Bonchev–Trinajstić information content (AvgIpc) is 2.80. The van der Waals surface area contributed by atoms with Crippen LogP contribution in [0.15, 0.2) is 54.6 Å². The molecule has 0 saturated heterocycles. The number of pyridine rings is 1. The number of nitrogens with one attached hydrogen (secondary N) is 2. The molecule has 178 valence electrons. The molecule has 0 saturated carbocycles.